The molecule has 0 spiro atoms. The third-order valence-electron chi connectivity index (χ3n) is 2.85. The van der Waals surface area contributed by atoms with Gasteiger partial charge in [0, 0.05) is 10.2 Å². The molecule has 0 bridgehead atoms. The van der Waals surface area contributed by atoms with Gasteiger partial charge in [0.15, 0.2) is 0 Å². The smallest absolute Gasteiger partial charge is 0.0634 e. The summed E-state index contributed by atoms with van der Waals surface area (Å²) in [5.41, 5.74) is 10.5. The molecule has 5 heteroatoms. The molecule has 0 fully saturated rings. The van der Waals surface area contributed by atoms with Gasteiger partial charge in [0.05, 0.1) is 21.4 Å². The van der Waals surface area contributed by atoms with E-state index in [1.807, 2.05) is 26.0 Å². The molecule has 19 heavy (non-hydrogen) atoms. The summed E-state index contributed by atoms with van der Waals surface area (Å²) in [6.45, 7) is 4.07. The lowest BCUT2D eigenvalue weighted by molar-refractivity contribution is 1.34. The van der Waals surface area contributed by atoms with Gasteiger partial charge in [0.25, 0.3) is 0 Å². The second-order valence-electron chi connectivity index (χ2n) is 4.39. The van der Waals surface area contributed by atoms with Crippen LogP contribution >= 0.6 is 39.1 Å². The second-order valence-corrected chi connectivity index (χ2v) is 6.12. The first-order chi connectivity index (χ1) is 8.88. The number of nitrogens with two attached hydrogens (primary N) is 1. The maximum absolute atomic E-state index is 6.02. The van der Waals surface area contributed by atoms with E-state index in [9.17, 15) is 0 Å². The SMILES string of the molecule is Cc1cc(Br)cc(C)c1Nc1cc(Cl)c(Cl)cc1N. The van der Waals surface area contributed by atoms with Crippen molar-refractivity contribution in [2.75, 3.05) is 11.1 Å². The number of hydrogen-bond acceptors (Lipinski definition) is 2. The monoisotopic (exact) mass is 358 g/mol. The maximum atomic E-state index is 6.02. The van der Waals surface area contributed by atoms with E-state index >= 15 is 0 Å². The number of aryl methyl sites for hydroxylation is 2. The third-order valence-corrected chi connectivity index (χ3v) is 4.03. The highest BCUT2D eigenvalue weighted by molar-refractivity contribution is 9.10. The van der Waals surface area contributed by atoms with Crippen molar-refractivity contribution in [2.45, 2.75) is 13.8 Å². The zero-order valence-corrected chi connectivity index (χ0v) is 13.6. The molecule has 0 aliphatic rings. The first-order valence-corrected chi connectivity index (χ1v) is 7.21. The van der Waals surface area contributed by atoms with E-state index < -0.39 is 0 Å². The Kier molecular flexibility index (Phi) is 4.29. The predicted octanol–water partition coefficient (Wildman–Crippen LogP) is 5.70. The fourth-order valence-corrected chi connectivity index (χ4v) is 2.94. The molecule has 0 heterocycles. The standard InChI is InChI=1S/C14H13BrCl2N2/c1-7-3-9(15)4-8(2)14(7)19-13-6-11(17)10(16)5-12(13)18/h3-6,19H,18H2,1-2H3. The van der Waals surface area contributed by atoms with Crippen molar-refractivity contribution in [3.63, 3.8) is 0 Å². The molecule has 0 aliphatic heterocycles. The van der Waals surface area contributed by atoms with E-state index in [2.05, 4.69) is 21.2 Å². The molecule has 2 aromatic rings. The molecule has 0 unspecified atom stereocenters. The summed E-state index contributed by atoms with van der Waals surface area (Å²) in [6.07, 6.45) is 0. The fourth-order valence-electron chi connectivity index (χ4n) is 1.91. The molecule has 2 aromatic carbocycles. The third kappa shape index (κ3) is 3.16. The number of nitrogen functional groups attached to an aromatic ring is 1. The van der Waals surface area contributed by atoms with Crippen molar-refractivity contribution >= 4 is 56.2 Å². The lowest BCUT2D eigenvalue weighted by atomic mass is 10.1. The second kappa shape index (κ2) is 5.61. The summed E-state index contributed by atoms with van der Waals surface area (Å²) in [5.74, 6) is 0. The van der Waals surface area contributed by atoms with E-state index in [0.717, 1.165) is 27.0 Å². The molecule has 0 amide bonds. The molecule has 2 rings (SSSR count). The van der Waals surface area contributed by atoms with Crippen LogP contribution in [0.5, 0.6) is 0 Å². The number of anilines is 3. The number of hydrogen-bond donors (Lipinski definition) is 2. The summed E-state index contributed by atoms with van der Waals surface area (Å²) in [6, 6.07) is 7.47. The van der Waals surface area contributed by atoms with Crippen LogP contribution in [0.2, 0.25) is 10.0 Å². The van der Waals surface area contributed by atoms with Crippen LogP contribution in [0.15, 0.2) is 28.7 Å². The molecule has 2 nitrogen and oxygen atoms in total. The van der Waals surface area contributed by atoms with Crippen LogP contribution in [0.3, 0.4) is 0 Å². The summed E-state index contributed by atoms with van der Waals surface area (Å²) in [4.78, 5) is 0. The zero-order valence-electron chi connectivity index (χ0n) is 10.5. The Morgan fingerprint density at radius 3 is 2.11 bits per heavy atom. The first kappa shape index (κ1) is 14.5. The van der Waals surface area contributed by atoms with Gasteiger partial charge >= 0.3 is 0 Å². The van der Waals surface area contributed by atoms with Gasteiger partial charge in [-0.2, -0.15) is 0 Å². The van der Waals surface area contributed by atoms with Crippen LogP contribution in [0.4, 0.5) is 17.1 Å². The highest BCUT2D eigenvalue weighted by Crippen LogP contribution is 2.35. The fraction of sp³-hybridized carbons (Fsp3) is 0.143. The van der Waals surface area contributed by atoms with Gasteiger partial charge in [-0.05, 0) is 49.2 Å². The van der Waals surface area contributed by atoms with Crippen molar-refractivity contribution in [1.29, 1.82) is 0 Å². The van der Waals surface area contributed by atoms with E-state index in [4.69, 9.17) is 28.9 Å². The van der Waals surface area contributed by atoms with E-state index in [1.54, 1.807) is 12.1 Å². The van der Waals surface area contributed by atoms with Crippen LogP contribution in [0.1, 0.15) is 11.1 Å². The van der Waals surface area contributed by atoms with Crippen LogP contribution in [0.25, 0.3) is 0 Å². The Morgan fingerprint density at radius 2 is 1.53 bits per heavy atom. The molecule has 0 saturated heterocycles. The number of nitrogens with one attached hydrogen (secondary N) is 1. The van der Waals surface area contributed by atoms with Crippen molar-refractivity contribution < 1.29 is 0 Å². The average Bonchev–Trinajstić information content (AvgIpc) is 2.29. The first-order valence-electron chi connectivity index (χ1n) is 5.67. The van der Waals surface area contributed by atoms with Crippen molar-refractivity contribution in [3.8, 4) is 0 Å². The van der Waals surface area contributed by atoms with Gasteiger partial charge in [0.2, 0.25) is 0 Å². The van der Waals surface area contributed by atoms with Crippen LogP contribution in [0, 0.1) is 13.8 Å². The topological polar surface area (TPSA) is 38.0 Å². The quantitative estimate of drug-likeness (QED) is 0.675. The Bertz CT molecular complexity index is 619. The minimum absolute atomic E-state index is 0.453. The Labute approximate surface area is 131 Å². The van der Waals surface area contributed by atoms with E-state index in [-0.39, 0.29) is 0 Å². The summed E-state index contributed by atoms with van der Waals surface area (Å²) < 4.78 is 1.05. The Morgan fingerprint density at radius 1 is 1.00 bits per heavy atom. The molecule has 0 radical (unpaired) electrons. The van der Waals surface area contributed by atoms with Crippen LogP contribution < -0.4 is 11.1 Å². The lowest BCUT2D eigenvalue weighted by Crippen LogP contribution is -2.00. The Hall–Kier alpha value is -0.900. The molecule has 0 aromatic heterocycles. The highest BCUT2D eigenvalue weighted by atomic mass is 79.9. The lowest BCUT2D eigenvalue weighted by Gasteiger charge is -2.15. The summed E-state index contributed by atoms with van der Waals surface area (Å²) in [5, 5.41) is 4.25. The zero-order chi connectivity index (χ0) is 14.2. The molecule has 0 atom stereocenters. The molecule has 100 valence electrons. The molecule has 3 N–H and O–H groups in total. The number of rotatable bonds is 2. The highest BCUT2D eigenvalue weighted by Gasteiger charge is 2.09. The predicted molar refractivity (Wildman–Crippen MR) is 87.8 cm³/mol. The minimum Gasteiger partial charge on any atom is -0.397 e. The molecule has 0 saturated carbocycles. The summed E-state index contributed by atoms with van der Waals surface area (Å²) in [7, 11) is 0. The van der Waals surface area contributed by atoms with Gasteiger partial charge in [-0.1, -0.05) is 39.1 Å². The number of halogens is 3. The van der Waals surface area contributed by atoms with Crippen molar-refractivity contribution in [3.05, 3.63) is 49.9 Å². The van der Waals surface area contributed by atoms with Crippen LogP contribution in [-0.2, 0) is 0 Å². The Balaban J connectivity index is 2.45. The maximum Gasteiger partial charge on any atom is 0.0634 e. The van der Waals surface area contributed by atoms with Gasteiger partial charge < -0.3 is 11.1 Å². The van der Waals surface area contributed by atoms with Crippen LogP contribution in [-0.4, -0.2) is 0 Å². The summed E-state index contributed by atoms with van der Waals surface area (Å²) >= 11 is 15.4. The van der Waals surface area contributed by atoms with Gasteiger partial charge in [-0.25, -0.2) is 0 Å². The van der Waals surface area contributed by atoms with Crippen molar-refractivity contribution in [1.82, 2.24) is 0 Å². The molecular formula is C14H13BrCl2N2. The number of benzene rings is 2. The van der Waals surface area contributed by atoms with E-state index in [1.165, 1.54) is 0 Å². The van der Waals surface area contributed by atoms with Crippen molar-refractivity contribution in [2.24, 2.45) is 0 Å². The van der Waals surface area contributed by atoms with E-state index in [0.29, 0.717) is 15.7 Å². The van der Waals surface area contributed by atoms with Gasteiger partial charge in [-0.15, -0.1) is 0 Å². The minimum atomic E-state index is 0.453. The molecular weight excluding hydrogens is 347 g/mol. The average molecular weight is 360 g/mol. The largest absolute Gasteiger partial charge is 0.397 e. The molecule has 0 aliphatic carbocycles. The normalized spacial score (nSPS) is 10.6. The van der Waals surface area contributed by atoms with Gasteiger partial charge in [0.1, 0.15) is 0 Å². The van der Waals surface area contributed by atoms with Gasteiger partial charge in [-0.3, -0.25) is 0 Å².